The lowest BCUT2D eigenvalue weighted by Gasteiger charge is -2.27. The molecule has 1 N–H and O–H groups in total. The molecule has 0 saturated carbocycles. The quantitative estimate of drug-likeness (QED) is 0.652. The van der Waals surface area contributed by atoms with E-state index >= 15 is 0 Å². The number of nitrogens with one attached hydrogen (secondary N) is 1. The van der Waals surface area contributed by atoms with E-state index in [1.165, 1.54) is 7.11 Å². The third kappa shape index (κ3) is 3.72. The molecular weight excluding hydrogens is 154 g/mol. The van der Waals surface area contributed by atoms with Gasteiger partial charge < -0.3 is 4.74 Å². The fourth-order valence-electron chi connectivity index (χ4n) is 0.924. The first-order valence-corrected chi connectivity index (χ1v) is 4.28. The smallest absolute Gasteiger partial charge is 0.322 e. The van der Waals surface area contributed by atoms with Gasteiger partial charge in [-0.15, -0.1) is 0 Å². The fourth-order valence-corrected chi connectivity index (χ4v) is 0.924. The molecule has 0 amide bonds. The number of rotatable bonds is 4. The van der Waals surface area contributed by atoms with Crippen LogP contribution >= 0.6 is 0 Å². The summed E-state index contributed by atoms with van der Waals surface area (Å²) in [5.41, 5.74) is -0.00634. The second kappa shape index (κ2) is 4.45. The lowest BCUT2D eigenvalue weighted by atomic mass is 10.0. The Hall–Kier alpha value is -0.570. The average Bonchev–Trinajstić information content (AvgIpc) is 2.02. The Morgan fingerprint density at radius 1 is 1.58 bits per heavy atom. The minimum Gasteiger partial charge on any atom is -0.468 e. The zero-order valence-electron chi connectivity index (χ0n) is 8.60. The summed E-state index contributed by atoms with van der Waals surface area (Å²) in [6.07, 6.45) is 0.980. The Balaban J connectivity index is 3.99. The molecule has 1 atom stereocenters. The lowest BCUT2D eigenvalue weighted by molar-refractivity contribution is -0.143. The summed E-state index contributed by atoms with van der Waals surface area (Å²) in [6, 6.07) is -0.232. The highest BCUT2D eigenvalue weighted by atomic mass is 16.5. The first-order valence-electron chi connectivity index (χ1n) is 4.28. The Bertz CT molecular complexity index is 155. The topological polar surface area (TPSA) is 38.3 Å². The highest BCUT2D eigenvalue weighted by molar-refractivity contribution is 5.75. The van der Waals surface area contributed by atoms with Gasteiger partial charge >= 0.3 is 5.97 Å². The summed E-state index contributed by atoms with van der Waals surface area (Å²) < 4.78 is 4.60. The summed E-state index contributed by atoms with van der Waals surface area (Å²) in [6.45, 7) is 8.01. The van der Waals surface area contributed by atoms with Crippen molar-refractivity contribution in [1.29, 1.82) is 0 Å². The standard InChI is InChI=1S/C9H19NO2/c1-6-9(3,4)10-7(2)8(11)12-5/h7,10H,6H2,1-5H3. The van der Waals surface area contributed by atoms with Crippen LogP contribution in [0.15, 0.2) is 0 Å². The molecule has 0 radical (unpaired) electrons. The zero-order chi connectivity index (χ0) is 9.78. The molecule has 12 heavy (non-hydrogen) atoms. The van der Waals surface area contributed by atoms with Crippen molar-refractivity contribution in [2.75, 3.05) is 7.11 Å². The van der Waals surface area contributed by atoms with E-state index in [0.717, 1.165) is 6.42 Å². The molecule has 1 unspecified atom stereocenters. The van der Waals surface area contributed by atoms with Crippen molar-refractivity contribution in [2.24, 2.45) is 0 Å². The summed E-state index contributed by atoms with van der Waals surface area (Å²) in [4.78, 5) is 11.0. The summed E-state index contributed by atoms with van der Waals surface area (Å²) in [7, 11) is 1.40. The van der Waals surface area contributed by atoms with Gasteiger partial charge in [0.25, 0.3) is 0 Å². The van der Waals surface area contributed by atoms with Crippen LogP contribution in [0.25, 0.3) is 0 Å². The van der Waals surface area contributed by atoms with Crippen molar-refractivity contribution < 1.29 is 9.53 Å². The molecule has 0 rings (SSSR count). The van der Waals surface area contributed by atoms with Gasteiger partial charge in [-0.3, -0.25) is 10.1 Å². The van der Waals surface area contributed by atoms with Crippen molar-refractivity contribution in [3.63, 3.8) is 0 Å². The number of methoxy groups -OCH3 is 1. The maximum atomic E-state index is 11.0. The second-order valence-corrected chi connectivity index (χ2v) is 3.63. The van der Waals surface area contributed by atoms with E-state index in [1.54, 1.807) is 0 Å². The molecule has 0 aromatic heterocycles. The van der Waals surface area contributed by atoms with E-state index in [0.29, 0.717) is 0 Å². The van der Waals surface area contributed by atoms with Gasteiger partial charge in [0.15, 0.2) is 0 Å². The minimum absolute atomic E-state index is 0.00634. The van der Waals surface area contributed by atoms with Crippen molar-refractivity contribution in [3.05, 3.63) is 0 Å². The van der Waals surface area contributed by atoms with Crippen LogP contribution in [0.4, 0.5) is 0 Å². The molecule has 0 fully saturated rings. The van der Waals surface area contributed by atoms with Crippen LogP contribution in [-0.4, -0.2) is 24.7 Å². The Morgan fingerprint density at radius 2 is 2.08 bits per heavy atom. The first-order chi connectivity index (χ1) is 5.43. The van der Waals surface area contributed by atoms with Gasteiger partial charge in [0.1, 0.15) is 6.04 Å². The molecule has 0 bridgehead atoms. The molecule has 3 heteroatoms. The van der Waals surface area contributed by atoms with Crippen LogP contribution in [0, 0.1) is 0 Å². The maximum Gasteiger partial charge on any atom is 0.322 e. The van der Waals surface area contributed by atoms with Crippen LogP contribution in [-0.2, 0) is 9.53 Å². The van der Waals surface area contributed by atoms with Crippen molar-refractivity contribution in [3.8, 4) is 0 Å². The largest absolute Gasteiger partial charge is 0.468 e. The van der Waals surface area contributed by atoms with Crippen LogP contribution < -0.4 is 5.32 Å². The molecular formula is C9H19NO2. The molecule has 3 nitrogen and oxygen atoms in total. The average molecular weight is 173 g/mol. The Labute approximate surface area is 74.5 Å². The molecule has 72 valence electrons. The van der Waals surface area contributed by atoms with Crippen LogP contribution in [0.5, 0.6) is 0 Å². The van der Waals surface area contributed by atoms with Gasteiger partial charge in [0, 0.05) is 5.54 Å². The molecule has 0 aromatic carbocycles. The van der Waals surface area contributed by atoms with Gasteiger partial charge in [-0.2, -0.15) is 0 Å². The Morgan fingerprint density at radius 3 is 2.42 bits per heavy atom. The number of ether oxygens (including phenoxy) is 1. The molecule has 0 aliphatic rings. The summed E-state index contributed by atoms with van der Waals surface area (Å²) in [5, 5.41) is 3.18. The third-order valence-electron chi connectivity index (χ3n) is 2.05. The van der Waals surface area contributed by atoms with Gasteiger partial charge in [-0.1, -0.05) is 6.92 Å². The van der Waals surface area contributed by atoms with E-state index in [2.05, 4.69) is 30.8 Å². The predicted octanol–water partition coefficient (Wildman–Crippen LogP) is 1.33. The van der Waals surface area contributed by atoms with Crippen LogP contribution in [0.3, 0.4) is 0 Å². The van der Waals surface area contributed by atoms with Gasteiger partial charge in [-0.25, -0.2) is 0 Å². The summed E-state index contributed by atoms with van der Waals surface area (Å²) >= 11 is 0. The van der Waals surface area contributed by atoms with E-state index in [1.807, 2.05) is 6.92 Å². The van der Waals surface area contributed by atoms with Crippen LogP contribution in [0.2, 0.25) is 0 Å². The zero-order valence-corrected chi connectivity index (χ0v) is 8.60. The van der Waals surface area contributed by atoms with E-state index in [-0.39, 0.29) is 17.6 Å². The number of hydrogen-bond acceptors (Lipinski definition) is 3. The van der Waals surface area contributed by atoms with Crippen molar-refractivity contribution in [1.82, 2.24) is 5.32 Å². The molecule has 0 spiro atoms. The number of carbonyl (C=O) groups is 1. The maximum absolute atomic E-state index is 11.0. The van der Waals surface area contributed by atoms with Gasteiger partial charge in [0.05, 0.1) is 7.11 Å². The molecule has 0 aliphatic carbocycles. The molecule has 0 aliphatic heterocycles. The van der Waals surface area contributed by atoms with E-state index in [4.69, 9.17) is 0 Å². The highest BCUT2D eigenvalue weighted by Gasteiger charge is 2.21. The molecule has 0 heterocycles. The van der Waals surface area contributed by atoms with Gasteiger partial charge in [-0.05, 0) is 27.2 Å². The lowest BCUT2D eigenvalue weighted by Crippen LogP contribution is -2.48. The molecule has 0 saturated heterocycles. The first kappa shape index (κ1) is 11.4. The monoisotopic (exact) mass is 173 g/mol. The predicted molar refractivity (Wildman–Crippen MR) is 49.0 cm³/mol. The highest BCUT2D eigenvalue weighted by Crippen LogP contribution is 2.08. The SMILES string of the molecule is CCC(C)(C)NC(C)C(=O)OC. The normalized spacial score (nSPS) is 14.1. The van der Waals surface area contributed by atoms with E-state index < -0.39 is 0 Å². The van der Waals surface area contributed by atoms with Crippen molar-refractivity contribution >= 4 is 5.97 Å². The summed E-state index contributed by atoms with van der Waals surface area (Å²) in [5.74, 6) is -0.212. The second-order valence-electron chi connectivity index (χ2n) is 3.63. The fraction of sp³-hybridized carbons (Fsp3) is 0.889. The molecule has 0 aromatic rings. The van der Waals surface area contributed by atoms with Gasteiger partial charge in [0.2, 0.25) is 0 Å². The third-order valence-corrected chi connectivity index (χ3v) is 2.05. The van der Waals surface area contributed by atoms with E-state index in [9.17, 15) is 4.79 Å². The number of hydrogen-bond donors (Lipinski definition) is 1. The number of esters is 1. The Kier molecular flexibility index (Phi) is 4.24. The minimum atomic E-state index is -0.232. The van der Waals surface area contributed by atoms with Crippen LogP contribution in [0.1, 0.15) is 34.1 Å². The number of carbonyl (C=O) groups excluding carboxylic acids is 1. The van der Waals surface area contributed by atoms with Crippen molar-refractivity contribution in [2.45, 2.75) is 45.7 Å².